The Balaban J connectivity index is 2.71. The molecule has 0 amide bonds. The van der Waals surface area contributed by atoms with Crippen LogP contribution in [0.2, 0.25) is 0 Å². The molecular weight excluding hydrogens is 188 g/mol. The number of hydrogen-bond donors (Lipinski definition) is 0. The fraction of sp³-hybridized carbons (Fsp3) is 0.500. The summed E-state index contributed by atoms with van der Waals surface area (Å²) in [6.45, 7) is 7.73. The van der Waals surface area contributed by atoms with Crippen LogP contribution in [0.15, 0.2) is 24.9 Å². The van der Waals surface area contributed by atoms with Crippen molar-refractivity contribution in [2.75, 3.05) is 0 Å². The molecule has 1 rings (SSSR count). The molecule has 0 N–H and O–H groups in total. The first kappa shape index (κ1) is 11.7. The van der Waals surface area contributed by atoms with Gasteiger partial charge in [0.05, 0.1) is 18.2 Å². The van der Waals surface area contributed by atoms with Crippen LogP contribution in [-0.4, -0.2) is 15.6 Å². The van der Waals surface area contributed by atoms with Gasteiger partial charge in [0.1, 0.15) is 0 Å². The number of hydrogen-bond acceptors (Lipinski definition) is 2. The van der Waals surface area contributed by atoms with Gasteiger partial charge in [-0.15, -0.1) is 0 Å². The molecule has 0 saturated heterocycles. The number of nitrogens with zero attached hydrogens (tertiary/aromatic N) is 2. The Hall–Kier alpha value is -1.38. The van der Waals surface area contributed by atoms with Crippen molar-refractivity contribution in [2.45, 2.75) is 39.2 Å². The molecule has 3 nitrogen and oxygen atoms in total. The van der Waals surface area contributed by atoms with Crippen LogP contribution in [0.1, 0.15) is 38.4 Å². The van der Waals surface area contributed by atoms with Gasteiger partial charge in [-0.3, -0.25) is 9.48 Å². The van der Waals surface area contributed by atoms with E-state index in [4.69, 9.17) is 0 Å². The highest BCUT2D eigenvalue weighted by molar-refractivity contribution is 5.90. The van der Waals surface area contributed by atoms with Gasteiger partial charge in [-0.25, -0.2) is 0 Å². The maximum Gasteiger partial charge on any atom is 0.161 e. The second-order valence-corrected chi connectivity index (χ2v) is 3.60. The maximum atomic E-state index is 11.1. The molecule has 0 fully saturated rings. The van der Waals surface area contributed by atoms with Crippen LogP contribution < -0.4 is 0 Å². The number of carbonyl (C=O) groups excluding carboxylic acids is 1. The van der Waals surface area contributed by atoms with Crippen molar-refractivity contribution in [1.29, 1.82) is 0 Å². The van der Waals surface area contributed by atoms with Crippen LogP contribution in [0, 0.1) is 0 Å². The predicted molar refractivity (Wildman–Crippen MR) is 60.8 cm³/mol. The van der Waals surface area contributed by atoms with Gasteiger partial charge >= 0.3 is 0 Å². The van der Waals surface area contributed by atoms with Crippen molar-refractivity contribution in [3.63, 3.8) is 0 Å². The topological polar surface area (TPSA) is 34.9 Å². The molecule has 0 aromatic carbocycles. The summed E-state index contributed by atoms with van der Waals surface area (Å²) in [4.78, 5) is 11.1. The van der Waals surface area contributed by atoms with Gasteiger partial charge in [0.25, 0.3) is 0 Å². The number of carbonyl (C=O) groups is 1. The number of ketones is 1. The SMILES string of the molecule is C=CC(=O)Cc1ccn(C(CC)CC)n1. The highest BCUT2D eigenvalue weighted by Gasteiger charge is 2.08. The first-order chi connectivity index (χ1) is 7.21. The fourth-order valence-electron chi connectivity index (χ4n) is 1.59. The fourth-order valence-corrected chi connectivity index (χ4v) is 1.59. The summed E-state index contributed by atoms with van der Waals surface area (Å²) in [5, 5.41) is 4.39. The zero-order chi connectivity index (χ0) is 11.3. The van der Waals surface area contributed by atoms with Crippen molar-refractivity contribution in [1.82, 2.24) is 9.78 Å². The molecule has 0 unspecified atom stereocenters. The molecule has 1 aromatic rings. The lowest BCUT2D eigenvalue weighted by Gasteiger charge is -2.12. The third-order valence-corrected chi connectivity index (χ3v) is 2.56. The molecule has 1 aromatic heterocycles. The van der Waals surface area contributed by atoms with Gasteiger partial charge in [-0.05, 0) is 25.0 Å². The molecule has 0 aliphatic carbocycles. The van der Waals surface area contributed by atoms with E-state index in [0.717, 1.165) is 18.5 Å². The quantitative estimate of drug-likeness (QED) is 0.670. The summed E-state index contributed by atoms with van der Waals surface area (Å²) in [6, 6.07) is 2.34. The Bertz CT molecular complexity index is 337. The van der Waals surface area contributed by atoms with E-state index in [0.29, 0.717) is 12.5 Å². The molecule has 3 heteroatoms. The minimum absolute atomic E-state index is 0.0183. The van der Waals surface area contributed by atoms with E-state index in [1.54, 1.807) is 0 Å². The van der Waals surface area contributed by atoms with E-state index in [1.165, 1.54) is 6.08 Å². The summed E-state index contributed by atoms with van der Waals surface area (Å²) in [6.07, 6.45) is 5.77. The van der Waals surface area contributed by atoms with Gasteiger partial charge in [0.15, 0.2) is 5.78 Å². The number of allylic oxidation sites excluding steroid dienone is 1. The summed E-state index contributed by atoms with van der Waals surface area (Å²) < 4.78 is 1.95. The van der Waals surface area contributed by atoms with Gasteiger partial charge in [0.2, 0.25) is 0 Å². The number of aromatic nitrogens is 2. The Morgan fingerprint density at radius 2 is 2.27 bits per heavy atom. The van der Waals surface area contributed by atoms with Crippen molar-refractivity contribution >= 4 is 5.78 Å². The third kappa shape index (κ3) is 3.05. The minimum atomic E-state index is 0.0183. The molecular formula is C12H18N2O. The van der Waals surface area contributed by atoms with Crippen molar-refractivity contribution in [3.8, 4) is 0 Å². The minimum Gasteiger partial charge on any atom is -0.294 e. The Morgan fingerprint density at radius 1 is 1.60 bits per heavy atom. The van der Waals surface area contributed by atoms with E-state index >= 15 is 0 Å². The van der Waals surface area contributed by atoms with Crippen LogP contribution in [0.5, 0.6) is 0 Å². The lowest BCUT2D eigenvalue weighted by molar-refractivity contribution is -0.114. The smallest absolute Gasteiger partial charge is 0.161 e. The van der Waals surface area contributed by atoms with Crippen LogP contribution in [0.25, 0.3) is 0 Å². The monoisotopic (exact) mass is 206 g/mol. The summed E-state index contributed by atoms with van der Waals surface area (Å²) >= 11 is 0. The molecule has 0 aliphatic rings. The Morgan fingerprint density at radius 3 is 2.80 bits per heavy atom. The molecule has 0 aliphatic heterocycles. The molecule has 0 bridgehead atoms. The van der Waals surface area contributed by atoms with Gasteiger partial charge < -0.3 is 0 Å². The van der Waals surface area contributed by atoms with Crippen molar-refractivity contribution in [3.05, 3.63) is 30.6 Å². The molecule has 1 heterocycles. The van der Waals surface area contributed by atoms with E-state index in [1.807, 2.05) is 16.9 Å². The lowest BCUT2D eigenvalue weighted by Crippen LogP contribution is -2.08. The second-order valence-electron chi connectivity index (χ2n) is 3.60. The van der Waals surface area contributed by atoms with E-state index in [-0.39, 0.29) is 5.78 Å². The standard InChI is InChI=1S/C12H18N2O/c1-4-11(5-2)14-8-7-10(13-14)9-12(15)6-3/h6-8,11H,3-5,9H2,1-2H3. The average molecular weight is 206 g/mol. The highest BCUT2D eigenvalue weighted by atomic mass is 16.1. The van der Waals surface area contributed by atoms with Gasteiger partial charge in [-0.1, -0.05) is 20.4 Å². The summed E-state index contributed by atoms with van der Waals surface area (Å²) in [5.41, 5.74) is 0.826. The molecule has 0 atom stereocenters. The number of rotatable bonds is 6. The van der Waals surface area contributed by atoms with Crippen LogP contribution in [0.4, 0.5) is 0 Å². The van der Waals surface area contributed by atoms with E-state index in [2.05, 4.69) is 25.5 Å². The molecule has 15 heavy (non-hydrogen) atoms. The molecule has 0 radical (unpaired) electrons. The van der Waals surface area contributed by atoms with Crippen LogP contribution in [-0.2, 0) is 11.2 Å². The third-order valence-electron chi connectivity index (χ3n) is 2.56. The van der Waals surface area contributed by atoms with Gasteiger partial charge in [0, 0.05) is 6.20 Å². The first-order valence-electron chi connectivity index (χ1n) is 5.40. The molecule has 82 valence electrons. The highest BCUT2D eigenvalue weighted by Crippen LogP contribution is 2.14. The van der Waals surface area contributed by atoms with E-state index < -0.39 is 0 Å². The molecule has 0 saturated carbocycles. The lowest BCUT2D eigenvalue weighted by atomic mass is 10.2. The first-order valence-corrected chi connectivity index (χ1v) is 5.40. The zero-order valence-electron chi connectivity index (χ0n) is 9.44. The van der Waals surface area contributed by atoms with Crippen LogP contribution in [0.3, 0.4) is 0 Å². The second kappa shape index (κ2) is 5.49. The summed E-state index contributed by atoms with van der Waals surface area (Å²) in [7, 11) is 0. The molecule has 0 spiro atoms. The van der Waals surface area contributed by atoms with Crippen molar-refractivity contribution < 1.29 is 4.79 Å². The Labute approximate surface area is 90.8 Å². The van der Waals surface area contributed by atoms with Crippen LogP contribution >= 0.6 is 0 Å². The van der Waals surface area contributed by atoms with E-state index in [9.17, 15) is 4.79 Å². The Kier molecular flexibility index (Phi) is 4.28. The predicted octanol–water partition coefficient (Wildman–Crippen LogP) is 2.54. The zero-order valence-corrected chi connectivity index (χ0v) is 9.44. The average Bonchev–Trinajstić information content (AvgIpc) is 2.68. The largest absolute Gasteiger partial charge is 0.294 e. The summed E-state index contributed by atoms with van der Waals surface area (Å²) in [5.74, 6) is 0.0183. The van der Waals surface area contributed by atoms with Gasteiger partial charge in [-0.2, -0.15) is 5.10 Å². The van der Waals surface area contributed by atoms with Crippen molar-refractivity contribution in [2.24, 2.45) is 0 Å². The normalized spacial score (nSPS) is 10.6. The maximum absolute atomic E-state index is 11.1.